The summed E-state index contributed by atoms with van der Waals surface area (Å²) in [6, 6.07) is 4.12. The number of hydrogen-bond acceptors (Lipinski definition) is 3. The van der Waals surface area contributed by atoms with Crippen LogP contribution in [0.15, 0.2) is 35.2 Å². The highest BCUT2D eigenvalue weighted by Gasteiger charge is 2.11. The Balaban J connectivity index is 2.80. The molecule has 1 aromatic rings. The first-order valence-corrected chi connectivity index (χ1v) is 6.82. The van der Waals surface area contributed by atoms with E-state index in [2.05, 4.69) is 6.58 Å². The van der Waals surface area contributed by atoms with Gasteiger partial charge in [0.05, 0.1) is 16.5 Å². The predicted molar refractivity (Wildman–Crippen MR) is 67.8 cm³/mol. The Labute approximate surface area is 106 Å². The summed E-state index contributed by atoms with van der Waals surface area (Å²) in [7, 11) is -3.73. The largest absolute Gasteiger partial charge is 0.492 e. The molecule has 0 aliphatic rings. The van der Waals surface area contributed by atoms with Gasteiger partial charge in [-0.15, -0.1) is 6.58 Å². The first-order chi connectivity index (χ1) is 7.80. The van der Waals surface area contributed by atoms with Crippen molar-refractivity contribution in [3.05, 3.63) is 35.4 Å². The summed E-state index contributed by atoms with van der Waals surface area (Å²) < 4.78 is 27.5. The minimum Gasteiger partial charge on any atom is -0.492 e. The molecule has 0 aromatic heterocycles. The van der Waals surface area contributed by atoms with E-state index in [4.69, 9.17) is 21.5 Å². The molecule has 0 spiro atoms. The van der Waals surface area contributed by atoms with Crippen LogP contribution in [-0.4, -0.2) is 15.0 Å². The molecule has 94 valence electrons. The van der Waals surface area contributed by atoms with Crippen LogP contribution in [0, 0.1) is 0 Å². The van der Waals surface area contributed by atoms with Gasteiger partial charge in [0.25, 0.3) is 0 Å². The fraction of sp³-hybridized carbons (Fsp3) is 0.273. The van der Waals surface area contributed by atoms with Gasteiger partial charge in [0, 0.05) is 6.42 Å². The lowest BCUT2D eigenvalue weighted by Crippen LogP contribution is -2.12. The van der Waals surface area contributed by atoms with Crippen molar-refractivity contribution >= 4 is 21.6 Å². The zero-order valence-corrected chi connectivity index (χ0v) is 11.0. The third-order valence-corrected chi connectivity index (χ3v) is 3.22. The molecule has 4 nitrogen and oxygen atoms in total. The molecule has 2 N–H and O–H groups in total. The normalized spacial score (nSPS) is 11.2. The van der Waals surface area contributed by atoms with Crippen molar-refractivity contribution in [3.63, 3.8) is 0 Å². The average Bonchev–Trinajstić information content (AvgIpc) is 2.18. The van der Waals surface area contributed by atoms with Crippen LogP contribution in [0.2, 0.25) is 5.02 Å². The Morgan fingerprint density at radius 2 is 2.18 bits per heavy atom. The van der Waals surface area contributed by atoms with E-state index in [0.717, 1.165) is 5.57 Å². The van der Waals surface area contributed by atoms with Gasteiger partial charge in [-0.05, 0) is 25.1 Å². The van der Waals surface area contributed by atoms with Crippen LogP contribution in [0.1, 0.15) is 13.3 Å². The number of ether oxygens (including phenoxy) is 1. The molecule has 0 bridgehead atoms. The van der Waals surface area contributed by atoms with Crippen LogP contribution >= 0.6 is 11.6 Å². The minimum atomic E-state index is -3.73. The fourth-order valence-electron chi connectivity index (χ4n) is 1.11. The fourth-order valence-corrected chi connectivity index (χ4v) is 1.95. The maximum absolute atomic E-state index is 11.1. The average molecular weight is 276 g/mol. The topological polar surface area (TPSA) is 69.4 Å². The van der Waals surface area contributed by atoms with Crippen LogP contribution in [-0.2, 0) is 10.0 Å². The van der Waals surface area contributed by atoms with Crippen LogP contribution in [0.3, 0.4) is 0 Å². The van der Waals surface area contributed by atoms with Crippen LogP contribution < -0.4 is 9.88 Å². The molecule has 0 fully saturated rings. The van der Waals surface area contributed by atoms with Crippen molar-refractivity contribution in [1.82, 2.24) is 0 Å². The predicted octanol–water partition coefficient (Wildman–Crippen LogP) is 2.33. The van der Waals surface area contributed by atoms with E-state index in [0.29, 0.717) is 18.8 Å². The van der Waals surface area contributed by atoms with Gasteiger partial charge >= 0.3 is 0 Å². The first-order valence-electron chi connectivity index (χ1n) is 4.90. The SMILES string of the molecule is C=C(C)CCOc1ccc(S(N)(=O)=O)cc1Cl. The van der Waals surface area contributed by atoms with Gasteiger partial charge in [0.15, 0.2) is 0 Å². The van der Waals surface area contributed by atoms with Crippen molar-refractivity contribution in [2.75, 3.05) is 6.61 Å². The lowest BCUT2D eigenvalue weighted by molar-refractivity contribution is 0.321. The van der Waals surface area contributed by atoms with Gasteiger partial charge in [-0.1, -0.05) is 17.2 Å². The van der Waals surface area contributed by atoms with Gasteiger partial charge in [-0.3, -0.25) is 0 Å². The van der Waals surface area contributed by atoms with Gasteiger partial charge < -0.3 is 4.74 Å². The number of benzene rings is 1. The third kappa shape index (κ3) is 4.38. The number of nitrogens with two attached hydrogens (primary N) is 1. The van der Waals surface area contributed by atoms with E-state index >= 15 is 0 Å². The van der Waals surface area contributed by atoms with Crippen molar-refractivity contribution in [1.29, 1.82) is 0 Å². The molecule has 0 aliphatic carbocycles. The molecule has 0 saturated carbocycles. The Kier molecular flexibility index (Phi) is 4.56. The van der Waals surface area contributed by atoms with Gasteiger partial charge in [-0.2, -0.15) is 0 Å². The molecule has 0 unspecified atom stereocenters. The highest BCUT2D eigenvalue weighted by molar-refractivity contribution is 7.89. The summed E-state index contributed by atoms with van der Waals surface area (Å²) in [4.78, 5) is -0.0326. The van der Waals surface area contributed by atoms with E-state index in [-0.39, 0.29) is 9.92 Å². The molecule has 0 heterocycles. The second-order valence-electron chi connectivity index (χ2n) is 3.69. The molecule has 0 atom stereocenters. The molecular weight excluding hydrogens is 262 g/mol. The molecule has 0 saturated heterocycles. The van der Waals surface area contributed by atoms with Crippen molar-refractivity contribution in [3.8, 4) is 5.75 Å². The summed E-state index contributed by atoms with van der Waals surface area (Å²) in [5.41, 5.74) is 1.00. The van der Waals surface area contributed by atoms with E-state index in [1.807, 2.05) is 6.92 Å². The molecular formula is C11H14ClNO3S. The Morgan fingerprint density at radius 1 is 1.53 bits per heavy atom. The second kappa shape index (κ2) is 5.53. The van der Waals surface area contributed by atoms with Crippen LogP contribution in [0.25, 0.3) is 0 Å². The monoisotopic (exact) mass is 275 g/mol. The van der Waals surface area contributed by atoms with E-state index in [9.17, 15) is 8.42 Å². The summed E-state index contributed by atoms with van der Waals surface area (Å²) in [6.45, 7) is 6.09. The van der Waals surface area contributed by atoms with E-state index in [1.165, 1.54) is 18.2 Å². The number of rotatable bonds is 5. The number of primary sulfonamides is 1. The van der Waals surface area contributed by atoms with Crippen molar-refractivity contribution in [2.45, 2.75) is 18.2 Å². The van der Waals surface area contributed by atoms with E-state index in [1.54, 1.807) is 0 Å². The molecule has 1 aromatic carbocycles. The molecule has 6 heteroatoms. The highest BCUT2D eigenvalue weighted by atomic mass is 35.5. The summed E-state index contributed by atoms with van der Waals surface area (Å²) in [5.74, 6) is 0.431. The van der Waals surface area contributed by atoms with Crippen molar-refractivity contribution in [2.24, 2.45) is 5.14 Å². The Bertz CT molecular complexity index is 526. The molecule has 17 heavy (non-hydrogen) atoms. The van der Waals surface area contributed by atoms with Crippen molar-refractivity contribution < 1.29 is 13.2 Å². The smallest absolute Gasteiger partial charge is 0.238 e. The van der Waals surface area contributed by atoms with Crippen LogP contribution in [0.5, 0.6) is 5.75 Å². The minimum absolute atomic E-state index is 0.0326. The summed E-state index contributed by atoms with van der Waals surface area (Å²) >= 11 is 5.88. The van der Waals surface area contributed by atoms with Gasteiger partial charge in [0.1, 0.15) is 5.75 Å². The third-order valence-electron chi connectivity index (χ3n) is 2.02. The zero-order valence-electron chi connectivity index (χ0n) is 9.44. The molecule has 0 amide bonds. The van der Waals surface area contributed by atoms with Crippen LogP contribution in [0.4, 0.5) is 0 Å². The maximum Gasteiger partial charge on any atom is 0.238 e. The molecule has 1 rings (SSSR count). The summed E-state index contributed by atoms with van der Waals surface area (Å²) in [6.07, 6.45) is 0.716. The zero-order chi connectivity index (χ0) is 13.1. The quantitative estimate of drug-likeness (QED) is 0.839. The number of halogens is 1. The number of hydrogen-bond donors (Lipinski definition) is 1. The first kappa shape index (κ1) is 14.0. The second-order valence-corrected chi connectivity index (χ2v) is 5.66. The highest BCUT2D eigenvalue weighted by Crippen LogP contribution is 2.27. The lowest BCUT2D eigenvalue weighted by atomic mass is 10.2. The Morgan fingerprint density at radius 3 is 2.65 bits per heavy atom. The maximum atomic E-state index is 11.1. The molecule has 0 aliphatic heterocycles. The Hall–Kier alpha value is -1.04. The molecule has 0 radical (unpaired) electrons. The van der Waals surface area contributed by atoms with Gasteiger partial charge in [-0.25, -0.2) is 13.6 Å². The lowest BCUT2D eigenvalue weighted by Gasteiger charge is -2.08. The van der Waals surface area contributed by atoms with Gasteiger partial charge in [0.2, 0.25) is 10.0 Å². The van der Waals surface area contributed by atoms with E-state index < -0.39 is 10.0 Å². The standard InChI is InChI=1S/C11H14ClNO3S/c1-8(2)5-6-16-11-4-3-9(7-10(11)12)17(13,14)15/h3-4,7H,1,5-6H2,2H3,(H2,13,14,15). The summed E-state index contributed by atoms with van der Waals surface area (Å²) in [5, 5.41) is 5.20. The number of sulfonamides is 1.